The summed E-state index contributed by atoms with van der Waals surface area (Å²) < 4.78 is 1.76. The molecule has 1 amide bonds. The summed E-state index contributed by atoms with van der Waals surface area (Å²) in [7, 11) is 0. The molecule has 29 heavy (non-hydrogen) atoms. The molecule has 0 unspecified atom stereocenters. The van der Waals surface area contributed by atoms with Gasteiger partial charge in [-0.05, 0) is 49.2 Å². The van der Waals surface area contributed by atoms with Gasteiger partial charge in [0.05, 0.1) is 10.9 Å². The van der Waals surface area contributed by atoms with Gasteiger partial charge >= 0.3 is 0 Å². The van der Waals surface area contributed by atoms with E-state index in [1.54, 1.807) is 22.8 Å². The number of aryl methyl sites for hydroxylation is 2. The summed E-state index contributed by atoms with van der Waals surface area (Å²) in [6, 6.07) is 13.8. The normalized spacial score (nSPS) is 16.3. The zero-order valence-corrected chi connectivity index (χ0v) is 16.6. The standard InChI is InChI=1S/C23H24N4O2/c1-16-4-2-5-18(14-16)25-10-12-26(13-11-25)22(28)17-7-8-19-20(15-17)24-21-6-3-9-27(21)23(19)29/h2,4-5,7-8,14-15H,3,6,9-13H2,1H3. The molecule has 148 valence electrons. The van der Waals surface area contributed by atoms with E-state index in [0.29, 0.717) is 29.6 Å². The average molecular weight is 388 g/mol. The maximum absolute atomic E-state index is 13.1. The van der Waals surface area contributed by atoms with E-state index in [1.807, 2.05) is 4.90 Å². The second kappa shape index (κ2) is 7.03. The number of carbonyl (C=O) groups is 1. The van der Waals surface area contributed by atoms with Crippen LogP contribution in [0.5, 0.6) is 0 Å². The minimum atomic E-state index is 0.00766. The van der Waals surface area contributed by atoms with Crippen molar-refractivity contribution in [2.45, 2.75) is 26.3 Å². The predicted molar refractivity (Wildman–Crippen MR) is 114 cm³/mol. The van der Waals surface area contributed by atoms with Crippen molar-refractivity contribution in [3.8, 4) is 0 Å². The van der Waals surface area contributed by atoms with Crippen LogP contribution in [0.4, 0.5) is 5.69 Å². The van der Waals surface area contributed by atoms with Crippen molar-refractivity contribution in [3.05, 3.63) is 69.8 Å². The number of carbonyl (C=O) groups excluding carboxylic acids is 1. The zero-order chi connectivity index (χ0) is 20.0. The average Bonchev–Trinajstić information content (AvgIpc) is 3.22. The minimum absolute atomic E-state index is 0.00766. The fourth-order valence-corrected chi connectivity index (χ4v) is 4.39. The third kappa shape index (κ3) is 3.18. The topological polar surface area (TPSA) is 58.4 Å². The summed E-state index contributed by atoms with van der Waals surface area (Å²) in [6.45, 7) is 5.84. The number of benzene rings is 2. The van der Waals surface area contributed by atoms with Gasteiger partial charge in [-0.1, -0.05) is 12.1 Å². The molecule has 1 aromatic heterocycles. The Morgan fingerprint density at radius 1 is 1.00 bits per heavy atom. The summed E-state index contributed by atoms with van der Waals surface area (Å²) in [6.07, 6.45) is 1.78. The first kappa shape index (κ1) is 17.9. The van der Waals surface area contributed by atoms with Gasteiger partial charge in [0.1, 0.15) is 5.82 Å². The fraction of sp³-hybridized carbons (Fsp3) is 0.348. The predicted octanol–water partition coefficient (Wildman–Crippen LogP) is 2.61. The molecule has 0 aliphatic carbocycles. The number of aromatic nitrogens is 2. The van der Waals surface area contributed by atoms with Gasteiger partial charge in [-0.3, -0.25) is 14.2 Å². The Morgan fingerprint density at radius 2 is 1.83 bits per heavy atom. The van der Waals surface area contributed by atoms with E-state index in [1.165, 1.54) is 11.3 Å². The van der Waals surface area contributed by atoms with Crippen molar-refractivity contribution in [2.24, 2.45) is 0 Å². The van der Waals surface area contributed by atoms with Gasteiger partial charge in [0.2, 0.25) is 0 Å². The summed E-state index contributed by atoms with van der Waals surface area (Å²) in [5, 5.41) is 0.594. The molecule has 1 saturated heterocycles. The molecule has 0 radical (unpaired) electrons. The van der Waals surface area contributed by atoms with Gasteiger partial charge in [0.15, 0.2) is 0 Å². The molecule has 3 heterocycles. The highest BCUT2D eigenvalue weighted by molar-refractivity contribution is 5.97. The van der Waals surface area contributed by atoms with Crippen molar-refractivity contribution in [1.82, 2.24) is 14.5 Å². The second-order valence-electron chi connectivity index (χ2n) is 7.94. The molecule has 5 rings (SSSR count). The van der Waals surface area contributed by atoms with E-state index in [-0.39, 0.29) is 11.5 Å². The third-order valence-corrected chi connectivity index (χ3v) is 6.00. The van der Waals surface area contributed by atoms with Gasteiger partial charge in [-0.2, -0.15) is 0 Å². The van der Waals surface area contributed by atoms with Crippen LogP contribution in [0.2, 0.25) is 0 Å². The maximum Gasteiger partial charge on any atom is 0.261 e. The monoisotopic (exact) mass is 388 g/mol. The van der Waals surface area contributed by atoms with Gasteiger partial charge < -0.3 is 9.80 Å². The van der Waals surface area contributed by atoms with Crippen molar-refractivity contribution in [1.29, 1.82) is 0 Å². The highest BCUT2D eigenvalue weighted by Crippen LogP contribution is 2.20. The SMILES string of the molecule is Cc1cccc(N2CCN(C(=O)c3ccc4c(=O)n5c(nc4c3)CCC5)CC2)c1. The van der Waals surface area contributed by atoms with Gasteiger partial charge in [-0.25, -0.2) is 4.98 Å². The van der Waals surface area contributed by atoms with Crippen LogP contribution < -0.4 is 10.5 Å². The van der Waals surface area contributed by atoms with Gasteiger partial charge in [-0.15, -0.1) is 0 Å². The van der Waals surface area contributed by atoms with E-state index in [0.717, 1.165) is 38.3 Å². The van der Waals surface area contributed by atoms with E-state index >= 15 is 0 Å². The van der Waals surface area contributed by atoms with Gasteiger partial charge in [0, 0.05) is 50.4 Å². The molecular weight excluding hydrogens is 364 g/mol. The van der Waals surface area contributed by atoms with Gasteiger partial charge in [0.25, 0.3) is 11.5 Å². The first-order valence-electron chi connectivity index (χ1n) is 10.2. The van der Waals surface area contributed by atoms with Crippen LogP contribution in [-0.2, 0) is 13.0 Å². The molecule has 2 aliphatic rings. The molecule has 3 aromatic rings. The van der Waals surface area contributed by atoms with Crippen LogP contribution in [0.15, 0.2) is 47.3 Å². The van der Waals surface area contributed by atoms with Crippen LogP contribution in [0.1, 0.15) is 28.2 Å². The Bertz CT molecular complexity index is 1160. The smallest absolute Gasteiger partial charge is 0.261 e. The lowest BCUT2D eigenvalue weighted by molar-refractivity contribution is 0.0747. The van der Waals surface area contributed by atoms with E-state index < -0.39 is 0 Å². The fourth-order valence-electron chi connectivity index (χ4n) is 4.39. The maximum atomic E-state index is 13.1. The van der Waals surface area contributed by atoms with Crippen molar-refractivity contribution < 1.29 is 4.79 Å². The molecule has 0 bridgehead atoms. The number of nitrogens with zero attached hydrogens (tertiary/aromatic N) is 4. The van der Waals surface area contributed by atoms with Crippen LogP contribution in [0.3, 0.4) is 0 Å². The quantitative estimate of drug-likeness (QED) is 0.677. The molecule has 6 heteroatoms. The number of anilines is 1. The zero-order valence-electron chi connectivity index (χ0n) is 16.6. The first-order valence-corrected chi connectivity index (χ1v) is 10.2. The Hall–Kier alpha value is -3.15. The van der Waals surface area contributed by atoms with Crippen molar-refractivity contribution in [3.63, 3.8) is 0 Å². The van der Waals surface area contributed by atoms with E-state index in [2.05, 4.69) is 41.1 Å². The van der Waals surface area contributed by atoms with Crippen LogP contribution in [0.25, 0.3) is 10.9 Å². The molecule has 0 spiro atoms. The Labute approximate surface area is 169 Å². The first-order chi connectivity index (χ1) is 14.1. The lowest BCUT2D eigenvalue weighted by atomic mass is 10.1. The Kier molecular flexibility index (Phi) is 4.34. The lowest BCUT2D eigenvalue weighted by Crippen LogP contribution is -2.48. The molecular formula is C23H24N4O2. The number of fused-ring (bicyclic) bond motifs is 2. The minimum Gasteiger partial charge on any atom is -0.368 e. The number of hydrogen-bond acceptors (Lipinski definition) is 4. The lowest BCUT2D eigenvalue weighted by Gasteiger charge is -2.36. The molecule has 0 saturated carbocycles. The molecule has 0 atom stereocenters. The van der Waals surface area contributed by atoms with E-state index in [4.69, 9.17) is 0 Å². The summed E-state index contributed by atoms with van der Waals surface area (Å²) in [5.74, 6) is 0.845. The highest BCUT2D eigenvalue weighted by Gasteiger charge is 2.23. The number of rotatable bonds is 2. The van der Waals surface area contributed by atoms with Crippen LogP contribution in [0, 0.1) is 6.92 Å². The highest BCUT2D eigenvalue weighted by atomic mass is 16.2. The number of piperazine rings is 1. The third-order valence-electron chi connectivity index (χ3n) is 6.00. The molecule has 1 fully saturated rings. The molecule has 6 nitrogen and oxygen atoms in total. The Morgan fingerprint density at radius 3 is 2.62 bits per heavy atom. The number of amides is 1. The summed E-state index contributed by atoms with van der Waals surface area (Å²) in [5.41, 5.74) is 3.70. The largest absolute Gasteiger partial charge is 0.368 e. The molecule has 2 aromatic carbocycles. The van der Waals surface area contributed by atoms with Crippen LogP contribution >= 0.6 is 0 Å². The Balaban J connectivity index is 1.35. The summed E-state index contributed by atoms with van der Waals surface area (Å²) in [4.78, 5) is 34.5. The number of hydrogen-bond donors (Lipinski definition) is 0. The molecule has 2 aliphatic heterocycles. The summed E-state index contributed by atoms with van der Waals surface area (Å²) >= 11 is 0. The molecule has 0 N–H and O–H groups in total. The van der Waals surface area contributed by atoms with Crippen LogP contribution in [-0.4, -0.2) is 46.5 Å². The van der Waals surface area contributed by atoms with Crippen molar-refractivity contribution >= 4 is 22.5 Å². The van der Waals surface area contributed by atoms with Crippen molar-refractivity contribution in [2.75, 3.05) is 31.1 Å². The second-order valence-corrected chi connectivity index (χ2v) is 7.94. The van der Waals surface area contributed by atoms with E-state index in [9.17, 15) is 9.59 Å².